The van der Waals surface area contributed by atoms with Crippen LogP contribution in [0, 0.1) is 6.92 Å². The van der Waals surface area contributed by atoms with Gasteiger partial charge in [-0.15, -0.1) is 0 Å². The molecule has 0 aliphatic heterocycles. The largest absolute Gasteiger partial charge is 0.482 e. The normalized spacial score (nSPS) is 11.2. The van der Waals surface area contributed by atoms with Crippen molar-refractivity contribution in [3.63, 3.8) is 0 Å². The molecular weight excluding hydrogens is 506 g/mol. The van der Waals surface area contributed by atoms with Crippen LogP contribution in [0.2, 0.25) is 5.02 Å². The highest BCUT2D eigenvalue weighted by Gasteiger charge is 2.27. The second-order valence-electron chi connectivity index (χ2n) is 7.53. The average molecular weight is 530 g/mol. The van der Waals surface area contributed by atoms with Crippen LogP contribution in [-0.2, 0) is 24.3 Å². The number of sulfonamides is 1. The second-order valence-corrected chi connectivity index (χ2v) is 9.83. The Labute approximate surface area is 214 Å². The molecule has 1 N–H and O–H groups in total. The van der Waals surface area contributed by atoms with Gasteiger partial charge in [0.2, 0.25) is 0 Å². The lowest BCUT2D eigenvalue weighted by Crippen LogP contribution is -2.39. The lowest BCUT2D eigenvalue weighted by atomic mass is 10.2. The van der Waals surface area contributed by atoms with Crippen molar-refractivity contribution in [2.75, 3.05) is 24.6 Å². The van der Waals surface area contributed by atoms with Gasteiger partial charge in [0.1, 0.15) is 12.3 Å². The number of halogens is 1. The lowest BCUT2D eigenvalue weighted by Gasteiger charge is -2.23. The van der Waals surface area contributed by atoms with E-state index in [4.69, 9.17) is 16.3 Å². The summed E-state index contributed by atoms with van der Waals surface area (Å²) >= 11 is 5.95. The predicted octanol–water partition coefficient (Wildman–Crippen LogP) is 3.55. The van der Waals surface area contributed by atoms with Gasteiger partial charge >= 0.3 is 5.97 Å². The quantitative estimate of drug-likeness (QED) is 0.244. The maximum Gasteiger partial charge on any atom is 0.343 e. The summed E-state index contributed by atoms with van der Waals surface area (Å²) in [5, 5.41) is 4.34. The van der Waals surface area contributed by atoms with Crippen molar-refractivity contribution in [1.29, 1.82) is 0 Å². The van der Waals surface area contributed by atoms with Gasteiger partial charge < -0.3 is 9.47 Å². The van der Waals surface area contributed by atoms with Crippen LogP contribution in [-0.4, -0.2) is 46.8 Å². The number of ether oxygens (including phenoxy) is 2. The van der Waals surface area contributed by atoms with Crippen LogP contribution in [0.15, 0.2) is 82.8 Å². The lowest BCUT2D eigenvalue weighted by molar-refractivity contribution is -0.142. The average Bonchev–Trinajstić information content (AvgIpc) is 2.87. The number of rotatable bonds is 10. The molecule has 1 amide bonds. The minimum absolute atomic E-state index is 0.0499. The summed E-state index contributed by atoms with van der Waals surface area (Å²) in [4.78, 5) is 23.8. The fourth-order valence-corrected chi connectivity index (χ4v) is 4.50. The number of carbonyl (C=O) groups excluding carboxylic acids is 2. The van der Waals surface area contributed by atoms with Crippen LogP contribution in [0.5, 0.6) is 5.75 Å². The molecule has 0 aromatic heterocycles. The molecule has 0 saturated heterocycles. The summed E-state index contributed by atoms with van der Waals surface area (Å²) in [7, 11) is -2.77. The van der Waals surface area contributed by atoms with Crippen molar-refractivity contribution in [3.8, 4) is 5.75 Å². The summed E-state index contributed by atoms with van der Waals surface area (Å²) in [6, 6.07) is 19.1. The molecule has 0 radical (unpaired) electrons. The fraction of sp³-hybridized carbons (Fsp3) is 0.160. The summed E-state index contributed by atoms with van der Waals surface area (Å²) in [6.07, 6.45) is 1.39. The Kier molecular flexibility index (Phi) is 9.04. The van der Waals surface area contributed by atoms with Crippen LogP contribution in [0.3, 0.4) is 0 Å². The summed E-state index contributed by atoms with van der Waals surface area (Å²) < 4.78 is 37.4. The molecule has 3 rings (SSSR count). The van der Waals surface area contributed by atoms with Crippen molar-refractivity contribution >= 4 is 45.4 Å². The molecule has 3 aromatic carbocycles. The monoisotopic (exact) mass is 529 g/mol. The van der Waals surface area contributed by atoms with Gasteiger partial charge in [0, 0.05) is 5.02 Å². The fourth-order valence-electron chi connectivity index (χ4n) is 2.96. The number of hydrazone groups is 1. The number of nitrogens with one attached hydrogen (secondary N) is 1. The number of nitrogens with zero attached hydrogens (tertiary/aromatic N) is 2. The van der Waals surface area contributed by atoms with E-state index in [0.717, 1.165) is 9.87 Å². The Morgan fingerprint density at radius 3 is 2.25 bits per heavy atom. The van der Waals surface area contributed by atoms with E-state index in [1.807, 2.05) is 6.92 Å². The molecule has 3 aromatic rings. The minimum Gasteiger partial charge on any atom is -0.482 e. The van der Waals surface area contributed by atoms with Crippen LogP contribution >= 0.6 is 11.6 Å². The highest BCUT2D eigenvalue weighted by Crippen LogP contribution is 2.25. The third-order valence-electron chi connectivity index (χ3n) is 4.88. The van der Waals surface area contributed by atoms with Gasteiger partial charge in [0.25, 0.3) is 15.9 Å². The van der Waals surface area contributed by atoms with Crippen molar-refractivity contribution in [2.24, 2.45) is 5.10 Å². The first-order valence-electron chi connectivity index (χ1n) is 10.7. The van der Waals surface area contributed by atoms with Crippen LogP contribution in [0.1, 0.15) is 11.1 Å². The first kappa shape index (κ1) is 26.7. The van der Waals surface area contributed by atoms with Gasteiger partial charge in [0.05, 0.1) is 23.9 Å². The first-order chi connectivity index (χ1) is 17.2. The zero-order chi connectivity index (χ0) is 26.1. The standard InChI is InChI=1S/C25H24ClN3O6S/c1-18-3-13-23(14-4-18)36(32,33)29(21-9-7-20(26)8-10-21)16-24(30)28-27-15-19-5-11-22(12-6-19)35-17-25(31)34-2/h3-15H,16-17H2,1-2H3,(H,28,30)/b27-15-. The number of anilines is 1. The highest BCUT2D eigenvalue weighted by molar-refractivity contribution is 7.92. The van der Waals surface area contributed by atoms with E-state index in [-0.39, 0.29) is 17.2 Å². The highest BCUT2D eigenvalue weighted by atomic mass is 35.5. The molecule has 0 fully saturated rings. The summed E-state index contributed by atoms with van der Waals surface area (Å²) in [6.45, 7) is 1.13. The van der Waals surface area contributed by atoms with Crippen molar-refractivity contribution in [3.05, 3.63) is 88.9 Å². The molecule has 0 heterocycles. The van der Waals surface area contributed by atoms with Crippen molar-refractivity contribution < 1.29 is 27.5 Å². The summed E-state index contributed by atoms with van der Waals surface area (Å²) in [5.74, 6) is -0.684. The van der Waals surface area contributed by atoms with Crippen LogP contribution in [0.4, 0.5) is 5.69 Å². The number of esters is 1. The van der Waals surface area contributed by atoms with E-state index in [1.54, 1.807) is 48.5 Å². The minimum atomic E-state index is -4.04. The number of hydrogen-bond acceptors (Lipinski definition) is 7. The van der Waals surface area contributed by atoms with Gasteiger partial charge in [-0.05, 0) is 73.2 Å². The van der Waals surface area contributed by atoms with Gasteiger partial charge in [-0.25, -0.2) is 18.6 Å². The van der Waals surface area contributed by atoms with Gasteiger partial charge in [-0.1, -0.05) is 29.3 Å². The molecule has 0 spiro atoms. The Bertz CT molecular complexity index is 1330. The number of methoxy groups -OCH3 is 1. The zero-order valence-corrected chi connectivity index (χ0v) is 21.1. The SMILES string of the molecule is COC(=O)COc1ccc(/C=N\NC(=O)CN(c2ccc(Cl)cc2)S(=O)(=O)c2ccc(C)cc2)cc1. The molecule has 188 valence electrons. The molecule has 0 aliphatic rings. The number of carbonyl (C=O) groups is 2. The molecule has 0 saturated carbocycles. The third kappa shape index (κ3) is 7.30. The van der Waals surface area contributed by atoms with E-state index in [1.165, 1.54) is 37.6 Å². The Morgan fingerprint density at radius 1 is 1.00 bits per heavy atom. The molecule has 0 aliphatic carbocycles. The third-order valence-corrected chi connectivity index (χ3v) is 6.92. The van der Waals surface area contributed by atoms with E-state index in [9.17, 15) is 18.0 Å². The molecule has 0 unspecified atom stereocenters. The van der Waals surface area contributed by atoms with Crippen molar-refractivity contribution in [1.82, 2.24) is 5.43 Å². The maximum atomic E-state index is 13.3. The number of amides is 1. The van der Waals surface area contributed by atoms with E-state index >= 15 is 0 Å². The Balaban J connectivity index is 1.70. The van der Waals surface area contributed by atoms with Crippen LogP contribution < -0.4 is 14.5 Å². The predicted molar refractivity (Wildman–Crippen MR) is 137 cm³/mol. The van der Waals surface area contributed by atoms with Gasteiger partial charge in [-0.2, -0.15) is 5.10 Å². The molecule has 36 heavy (non-hydrogen) atoms. The van der Waals surface area contributed by atoms with E-state index in [2.05, 4.69) is 15.3 Å². The van der Waals surface area contributed by atoms with Gasteiger partial charge in [0.15, 0.2) is 6.61 Å². The zero-order valence-electron chi connectivity index (χ0n) is 19.5. The smallest absolute Gasteiger partial charge is 0.343 e. The Hall–Kier alpha value is -3.89. The number of hydrogen-bond donors (Lipinski definition) is 1. The maximum absolute atomic E-state index is 13.3. The first-order valence-corrected chi connectivity index (χ1v) is 12.5. The molecule has 9 nitrogen and oxygen atoms in total. The van der Waals surface area contributed by atoms with E-state index in [0.29, 0.717) is 16.3 Å². The summed E-state index contributed by atoms with van der Waals surface area (Å²) in [5.41, 5.74) is 4.17. The molecular formula is C25H24ClN3O6S. The number of benzene rings is 3. The van der Waals surface area contributed by atoms with E-state index < -0.39 is 28.4 Å². The molecule has 0 bridgehead atoms. The van der Waals surface area contributed by atoms with Crippen LogP contribution in [0.25, 0.3) is 0 Å². The Morgan fingerprint density at radius 2 is 1.64 bits per heavy atom. The molecule has 11 heteroatoms. The second kappa shape index (κ2) is 12.2. The van der Waals surface area contributed by atoms with Gasteiger partial charge in [-0.3, -0.25) is 9.10 Å². The van der Waals surface area contributed by atoms with Crippen molar-refractivity contribution in [2.45, 2.75) is 11.8 Å². The molecule has 0 atom stereocenters. The topological polar surface area (TPSA) is 114 Å². The number of aryl methyl sites for hydroxylation is 1.